The number of hydrogen-bond donors (Lipinski definition) is 2. The zero-order valence-electron chi connectivity index (χ0n) is 11.0. The van der Waals surface area contributed by atoms with Crippen molar-refractivity contribution in [3.8, 4) is 11.5 Å². The zero-order valence-corrected chi connectivity index (χ0v) is 11.0. The van der Waals surface area contributed by atoms with Crippen LogP contribution in [0, 0.1) is 0 Å². The number of aliphatic hydroxyl groups excluding tert-OH is 1. The van der Waals surface area contributed by atoms with E-state index in [0.29, 0.717) is 13.1 Å². The SMILES string of the molecule is C=C(C)CNCC(O)COc1ccc(OC)cc1. The molecule has 1 rings (SSSR count). The van der Waals surface area contributed by atoms with Crippen LogP contribution in [-0.4, -0.2) is 38.0 Å². The van der Waals surface area contributed by atoms with Crippen LogP contribution in [-0.2, 0) is 0 Å². The lowest BCUT2D eigenvalue weighted by atomic mass is 10.3. The van der Waals surface area contributed by atoms with Crippen molar-refractivity contribution in [2.45, 2.75) is 13.0 Å². The van der Waals surface area contributed by atoms with Gasteiger partial charge in [-0.1, -0.05) is 12.2 Å². The van der Waals surface area contributed by atoms with E-state index in [4.69, 9.17) is 9.47 Å². The smallest absolute Gasteiger partial charge is 0.119 e. The van der Waals surface area contributed by atoms with Crippen molar-refractivity contribution in [2.24, 2.45) is 0 Å². The Bertz CT molecular complexity index is 362. The maximum atomic E-state index is 9.68. The van der Waals surface area contributed by atoms with Gasteiger partial charge in [-0.15, -0.1) is 0 Å². The second-order valence-electron chi connectivity index (χ2n) is 4.23. The van der Waals surface area contributed by atoms with Gasteiger partial charge in [-0.25, -0.2) is 0 Å². The van der Waals surface area contributed by atoms with E-state index < -0.39 is 6.10 Å². The molecule has 0 aromatic heterocycles. The first kappa shape index (κ1) is 14.5. The summed E-state index contributed by atoms with van der Waals surface area (Å²) in [5, 5.41) is 12.8. The molecule has 0 aliphatic rings. The Morgan fingerprint density at radius 2 is 1.94 bits per heavy atom. The number of benzene rings is 1. The first-order chi connectivity index (χ1) is 8.61. The predicted octanol–water partition coefficient (Wildman–Crippen LogP) is 1.60. The number of ether oxygens (including phenoxy) is 2. The third-order valence-electron chi connectivity index (χ3n) is 2.31. The van der Waals surface area contributed by atoms with Gasteiger partial charge < -0.3 is 19.9 Å². The average Bonchev–Trinajstić information content (AvgIpc) is 2.36. The standard InChI is InChI=1S/C14H21NO3/c1-11(2)8-15-9-12(16)10-18-14-6-4-13(17-3)5-7-14/h4-7,12,15-16H,1,8-10H2,2-3H3. The van der Waals surface area contributed by atoms with Crippen molar-refractivity contribution in [1.82, 2.24) is 5.32 Å². The predicted molar refractivity (Wildman–Crippen MR) is 72.2 cm³/mol. The Kier molecular flexibility index (Phi) is 6.25. The van der Waals surface area contributed by atoms with Crippen molar-refractivity contribution in [1.29, 1.82) is 0 Å². The van der Waals surface area contributed by atoms with Gasteiger partial charge in [0.2, 0.25) is 0 Å². The summed E-state index contributed by atoms with van der Waals surface area (Å²) < 4.78 is 10.5. The molecule has 4 nitrogen and oxygen atoms in total. The number of nitrogens with one attached hydrogen (secondary N) is 1. The molecule has 18 heavy (non-hydrogen) atoms. The van der Waals surface area contributed by atoms with Crippen molar-refractivity contribution in [3.05, 3.63) is 36.4 Å². The van der Waals surface area contributed by atoms with Gasteiger partial charge in [0.1, 0.15) is 24.2 Å². The molecule has 0 spiro atoms. The highest BCUT2D eigenvalue weighted by molar-refractivity contribution is 5.31. The Morgan fingerprint density at radius 1 is 1.33 bits per heavy atom. The molecule has 0 fully saturated rings. The fourth-order valence-electron chi connectivity index (χ4n) is 1.38. The quantitative estimate of drug-likeness (QED) is 0.689. The molecule has 1 atom stereocenters. The highest BCUT2D eigenvalue weighted by atomic mass is 16.5. The summed E-state index contributed by atoms with van der Waals surface area (Å²) in [6, 6.07) is 7.27. The fraction of sp³-hybridized carbons (Fsp3) is 0.429. The van der Waals surface area contributed by atoms with E-state index in [1.165, 1.54) is 0 Å². The maximum absolute atomic E-state index is 9.68. The molecule has 0 aliphatic heterocycles. The van der Waals surface area contributed by atoms with Gasteiger partial charge >= 0.3 is 0 Å². The summed E-state index contributed by atoms with van der Waals surface area (Å²) >= 11 is 0. The van der Waals surface area contributed by atoms with E-state index in [1.54, 1.807) is 7.11 Å². The average molecular weight is 251 g/mol. The monoisotopic (exact) mass is 251 g/mol. The second kappa shape index (κ2) is 7.74. The molecular weight excluding hydrogens is 230 g/mol. The summed E-state index contributed by atoms with van der Waals surface area (Å²) in [5.74, 6) is 1.50. The van der Waals surface area contributed by atoms with Crippen LogP contribution in [0.1, 0.15) is 6.92 Å². The topological polar surface area (TPSA) is 50.7 Å². The molecule has 0 aliphatic carbocycles. The van der Waals surface area contributed by atoms with Crippen LogP contribution in [0.15, 0.2) is 36.4 Å². The molecule has 100 valence electrons. The van der Waals surface area contributed by atoms with Crippen LogP contribution in [0.5, 0.6) is 11.5 Å². The first-order valence-electron chi connectivity index (χ1n) is 5.92. The van der Waals surface area contributed by atoms with Crippen LogP contribution in [0.2, 0.25) is 0 Å². The normalized spacial score (nSPS) is 11.9. The van der Waals surface area contributed by atoms with E-state index in [2.05, 4.69) is 11.9 Å². The zero-order chi connectivity index (χ0) is 13.4. The minimum absolute atomic E-state index is 0.259. The molecule has 0 saturated carbocycles. The Hall–Kier alpha value is -1.52. The molecule has 0 bridgehead atoms. The van der Waals surface area contributed by atoms with Crippen molar-refractivity contribution < 1.29 is 14.6 Å². The second-order valence-corrected chi connectivity index (χ2v) is 4.23. The van der Waals surface area contributed by atoms with Crippen molar-refractivity contribution in [3.63, 3.8) is 0 Å². The molecule has 1 aromatic rings. The van der Waals surface area contributed by atoms with Gasteiger partial charge in [0, 0.05) is 13.1 Å². The van der Waals surface area contributed by atoms with E-state index >= 15 is 0 Å². The van der Waals surface area contributed by atoms with E-state index in [1.807, 2.05) is 31.2 Å². The molecular formula is C14H21NO3. The third kappa shape index (κ3) is 5.70. The number of rotatable bonds is 8. The van der Waals surface area contributed by atoms with Crippen LogP contribution < -0.4 is 14.8 Å². The van der Waals surface area contributed by atoms with Gasteiger partial charge in [-0.3, -0.25) is 0 Å². The van der Waals surface area contributed by atoms with E-state index in [0.717, 1.165) is 17.1 Å². The van der Waals surface area contributed by atoms with E-state index in [-0.39, 0.29) is 6.61 Å². The highest BCUT2D eigenvalue weighted by Gasteiger charge is 2.04. The lowest BCUT2D eigenvalue weighted by molar-refractivity contribution is 0.107. The van der Waals surface area contributed by atoms with Crippen LogP contribution in [0.4, 0.5) is 0 Å². The van der Waals surface area contributed by atoms with Gasteiger partial charge in [0.05, 0.1) is 7.11 Å². The summed E-state index contributed by atoms with van der Waals surface area (Å²) in [5.41, 5.74) is 1.04. The molecule has 4 heteroatoms. The summed E-state index contributed by atoms with van der Waals surface area (Å²) in [6.07, 6.45) is -0.536. The van der Waals surface area contributed by atoms with Crippen molar-refractivity contribution in [2.75, 3.05) is 26.8 Å². The maximum Gasteiger partial charge on any atom is 0.119 e. The largest absolute Gasteiger partial charge is 0.497 e. The molecule has 0 radical (unpaired) electrons. The minimum atomic E-state index is -0.536. The molecule has 2 N–H and O–H groups in total. The molecule has 0 heterocycles. The Labute approximate surface area is 108 Å². The van der Waals surface area contributed by atoms with Gasteiger partial charge in [0.15, 0.2) is 0 Å². The summed E-state index contributed by atoms with van der Waals surface area (Å²) in [7, 11) is 1.62. The highest BCUT2D eigenvalue weighted by Crippen LogP contribution is 2.16. The number of aliphatic hydroxyl groups is 1. The van der Waals surface area contributed by atoms with Gasteiger partial charge in [0.25, 0.3) is 0 Å². The summed E-state index contributed by atoms with van der Waals surface area (Å²) in [6.45, 7) is 7.17. The molecule has 0 amide bonds. The van der Waals surface area contributed by atoms with E-state index in [9.17, 15) is 5.11 Å². The van der Waals surface area contributed by atoms with Crippen LogP contribution in [0.3, 0.4) is 0 Å². The minimum Gasteiger partial charge on any atom is -0.497 e. The van der Waals surface area contributed by atoms with Gasteiger partial charge in [-0.2, -0.15) is 0 Å². The lowest BCUT2D eigenvalue weighted by Gasteiger charge is -2.13. The first-order valence-corrected chi connectivity index (χ1v) is 5.92. The Balaban J connectivity index is 2.24. The van der Waals surface area contributed by atoms with Crippen molar-refractivity contribution >= 4 is 0 Å². The number of methoxy groups -OCH3 is 1. The molecule has 1 aromatic carbocycles. The third-order valence-corrected chi connectivity index (χ3v) is 2.31. The number of hydrogen-bond acceptors (Lipinski definition) is 4. The molecule has 0 saturated heterocycles. The van der Waals surface area contributed by atoms with Crippen LogP contribution >= 0.6 is 0 Å². The molecule has 1 unspecified atom stereocenters. The van der Waals surface area contributed by atoms with Crippen LogP contribution in [0.25, 0.3) is 0 Å². The summed E-state index contributed by atoms with van der Waals surface area (Å²) in [4.78, 5) is 0. The fourth-order valence-corrected chi connectivity index (χ4v) is 1.38. The lowest BCUT2D eigenvalue weighted by Crippen LogP contribution is -2.32. The van der Waals surface area contributed by atoms with Gasteiger partial charge in [-0.05, 0) is 31.2 Å². The Morgan fingerprint density at radius 3 is 2.50 bits per heavy atom.